The lowest BCUT2D eigenvalue weighted by atomic mass is 10.2. The van der Waals surface area contributed by atoms with E-state index in [1.54, 1.807) is 25.3 Å². The van der Waals surface area contributed by atoms with Crippen LogP contribution in [-0.4, -0.2) is 13.0 Å². The van der Waals surface area contributed by atoms with E-state index in [4.69, 9.17) is 4.74 Å². The monoisotopic (exact) mass is 461 g/mol. The molecule has 6 heteroatoms. The Hall–Kier alpha value is -0.850. The number of halogens is 3. The third-order valence-electron chi connectivity index (χ3n) is 2.60. The Morgan fingerprint density at radius 1 is 1.05 bits per heavy atom. The number of nitrogens with one attached hydrogen (secondary N) is 1. The van der Waals surface area contributed by atoms with Gasteiger partial charge in [0.25, 0.3) is 5.91 Å². The molecule has 0 saturated heterocycles. The highest BCUT2D eigenvalue weighted by molar-refractivity contribution is 9.11. The average molecular weight is 464 g/mol. The van der Waals surface area contributed by atoms with Gasteiger partial charge in [-0.05, 0) is 62.2 Å². The van der Waals surface area contributed by atoms with Crippen molar-refractivity contribution < 1.29 is 9.53 Å². The third-order valence-corrected chi connectivity index (χ3v) is 4.40. The first-order valence-corrected chi connectivity index (χ1v) is 7.99. The van der Waals surface area contributed by atoms with Crippen LogP contribution >= 0.6 is 47.8 Å². The predicted octanol–water partition coefficient (Wildman–Crippen LogP) is 5.24. The molecule has 3 nitrogen and oxygen atoms in total. The quantitative estimate of drug-likeness (QED) is 0.676. The van der Waals surface area contributed by atoms with Crippen LogP contribution in [0.1, 0.15) is 10.4 Å². The van der Waals surface area contributed by atoms with Gasteiger partial charge in [0.1, 0.15) is 5.75 Å². The number of rotatable bonds is 3. The fraction of sp³-hybridized carbons (Fsp3) is 0.0714. The zero-order chi connectivity index (χ0) is 14.7. The molecule has 2 aromatic carbocycles. The summed E-state index contributed by atoms with van der Waals surface area (Å²) >= 11 is 10.1. The molecular weight excluding hydrogens is 454 g/mol. The Morgan fingerprint density at radius 3 is 2.30 bits per heavy atom. The molecule has 0 unspecified atom stereocenters. The average Bonchev–Trinajstić information content (AvgIpc) is 2.42. The number of carbonyl (C=O) groups is 1. The lowest BCUT2D eigenvalue weighted by molar-refractivity contribution is 0.102. The number of anilines is 1. The van der Waals surface area contributed by atoms with Gasteiger partial charge < -0.3 is 10.1 Å². The van der Waals surface area contributed by atoms with Crippen molar-refractivity contribution in [1.82, 2.24) is 0 Å². The minimum absolute atomic E-state index is 0.178. The molecule has 0 aliphatic rings. The highest BCUT2D eigenvalue weighted by Crippen LogP contribution is 2.34. The van der Waals surface area contributed by atoms with Gasteiger partial charge in [0.15, 0.2) is 0 Å². The third kappa shape index (κ3) is 3.62. The normalized spacial score (nSPS) is 10.2. The van der Waals surface area contributed by atoms with E-state index in [1.165, 1.54) is 0 Å². The van der Waals surface area contributed by atoms with Crippen LogP contribution in [0.15, 0.2) is 49.8 Å². The van der Waals surface area contributed by atoms with Crippen molar-refractivity contribution in [3.8, 4) is 5.75 Å². The second kappa shape index (κ2) is 6.74. The van der Waals surface area contributed by atoms with Crippen molar-refractivity contribution in [3.63, 3.8) is 0 Å². The SMILES string of the molecule is COc1cc(NC(=O)c2ccc(Br)cc2)c(Br)cc1Br. The first kappa shape index (κ1) is 15.5. The van der Waals surface area contributed by atoms with Crippen molar-refractivity contribution in [1.29, 1.82) is 0 Å². The summed E-state index contributed by atoms with van der Waals surface area (Å²) in [7, 11) is 1.58. The van der Waals surface area contributed by atoms with E-state index in [1.807, 2.05) is 18.2 Å². The number of amides is 1. The molecule has 0 aliphatic heterocycles. The second-order valence-corrected chi connectivity index (χ2v) is 6.55. The maximum absolute atomic E-state index is 12.2. The zero-order valence-corrected chi connectivity index (χ0v) is 15.2. The van der Waals surface area contributed by atoms with E-state index >= 15 is 0 Å². The smallest absolute Gasteiger partial charge is 0.255 e. The van der Waals surface area contributed by atoms with Gasteiger partial charge in [-0.1, -0.05) is 15.9 Å². The molecule has 2 rings (SSSR count). The molecule has 0 spiro atoms. The zero-order valence-electron chi connectivity index (χ0n) is 10.4. The van der Waals surface area contributed by atoms with Gasteiger partial charge in [0.2, 0.25) is 0 Å². The largest absolute Gasteiger partial charge is 0.495 e. The molecule has 0 aliphatic carbocycles. The predicted molar refractivity (Wildman–Crippen MR) is 90.5 cm³/mol. The minimum Gasteiger partial charge on any atom is -0.495 e. The van der Waals surface area contributed by atoms with Crippen LogP contribution in [0.4, 0.5) is 5.69 Å². The molecule has 0 bridgehead atoms. The Balaban J connectivity index is 2.25. The maximum Gasteiger partial charge on any atom is 0.255 e. The molecule has 0 saturated carbocycles. The van der Waals surface area contributed by atoms with Crippen LogP contribution < -0.4 is 10.1 Å². The summed E-state index contributed by atoms with van der Waals surface area (Å²) in [5.41, 5.74) is 1.24. The van der Waals surface area contributed by atoms with Crippen LogP contribution in [0.3, 0.4) is 0 Å². The molecule has 0 radical (unpaired) electrons. The fourth-order valence-corrected chi connectivity index (χ4v) is 3.10. The summed E-state index contributed by atoms with van der Waals surface area (Å²) in [5, 5.41) is 2.85. The molecule has 0 atom stereocenters. The fourth-order valence-electron chi connectivity index (χ4n) is 1.58. The van der Waals surface area contributed by atoms with Gasteiger partial charge >= 0.3 is 0 Å². The number of benzene rings is 2. The lowest BCUT2D eigenvalue weighted by Crippen LogP contribution is -2.12. The van der Waals surface area contributed by atoms with Crippen molar-refractivity contribution in [2.75, 3.05) is 12.4 Å². The molecule has 20 heavy (non-hydrogen) atoms. The Morgan fingerprint density at radius 2 is 1.70 bits per heavy atom. The van der Waals surface area contributed by atoms with E-state index in [-0.39, 0.29) is 5.91 Å². The van der Waals surface area contributed by atoms with Crippen molar-refractivity contribution in [2.45, 2.75) is 0 Å². The van der Waals surface area contributed by atoms with E-state index in [9.17, 15) is 4.79 Å². The van der Waals surface area contributed by atoms with Gasteiger partial charge in [-0.25, -0.2) is 0 Å². The van der Waals surface area contributed by atoms with Crippen molar-refractivity contribution >= 4 is 59.4 Å². The highest BCUT2D eigenvalue weighted by Gasteiger charge is 2.11. The van der Waals surface area contributed by atoms with Crippen LogP contribution in [0.5, 0.6) is 5.75 Å². The number of carbonyl (C=O) groups excluding carboxylic acids is 1. The molecule has 1 amide bonds. The number of hydrogen-bond acceptors (Lipinski definition) is 2. The number of ether oxygens (including phenoxy) is 1. The van der Waals surface area contributed by atoms with E-state index in [2.05, 4.69) is 53.1 Å². The Kier molecular flexibility index (Phi) is 5.23. The summed E-state index contributed by atoms with van der Waals surface area (Å²) in [5.74, 6) is 0.474. The molecule has 1 N–H and O–H groups in total. The minimum atomic E-state index is -0.178. The lowest BCUT2D eigenvalue weighted by Gasteiger charge is -2.11. The van der Waals surface area contributed by atoms with Crippen molar-refractivity contribution in [2.24, 2.45) is 0 Å². The van der Waals surface area contributed by atoms with Crippen LogP contribution in [-0.2, 0) is 0 Å². The summed E-state index contributed by atoms with van der Waals surface area (Å²) < 4.78 is 7.74. The summed E-state index contributed by atoms with van der Waals surface area (Å²) in [6.45, 7) is 0. The molecular formula is C14H10Br3NO2. The molecule has 0 heterocycles. The standard InChI is InChI=1S/C14H10Br3NO2/c1-20-13-7-12(10(16)6-11(13)17)18-14(19)8-2-4-9(15)5-3-8/h2-7H,1H3,(H,18,19). The number of methoxy groups -OCH3 is 1. The van der Waals surface area contributed by atoms with Crippen LogP contribution in [0, 0.1) is 0 Å². The molecule has 0 aromatic heterocycles. The van der Waals surface area contributed by atoms with Crippen LogP contribution in [0.2, 0.25) is 0 Å². The maximum atomic E-state index is 12.2. The Labute approximate surface area is 142 Å². The van der Waals surface area contributed by atoms with Crippen molar-refractivity contribution in [3.05, 3.63) is 55.4 Å². The second-order valence-electron chi connectivity index (χ2n) is 3.93. The van der Waals surface area contributed by atoms with Crippen LogP contribution in [0.25, 0.3) is 0 Å². The summed E-state index contributed by atoms with van der Waals surface area (Å²) in [4.78, 5) is 12.2. The topological polar surface area (TPSA) is 38.3 Å². The van der Waals surface area contributed by atoms with Gasteiger partial charge in [-0.2, -0.15) is 0 Å². The van der Waals surface area contributed by atoms with Gasteiger partial charge in [0, 0.05) is 20.6 Å². The summed E-state index contributed by atoms with van der Waals surface area (Å²) in [6, 6.07) is 10.7. The van der Waals surface area contributed by atoms with Gasteiger partial charge in [-0.15, -0.1) is 0 Å². The van der Waals surface area contributed by atoms with Gasteiger partial charge in [0.05, 0.1) is 17.3 Å². The Bertz CT molecular complexity index is 642. The summed E-state index contributed by atoms with van der Waals surface area (Å²) in [6.07, 6.45) is 0. The molecule has 0 fully saturated rings. The first-order valence-electron chi connectivity index (χ1n) is 5.61. The van der Waals surface area contributed by atoms with E-state index in [0.717, 1.165) is 13.4 Å². The highest BCUT2D eigenvalue weighted by atomic mass is 79.9. The van der Waals surface area contributed by atoms with E-state index < -0.39 is 0 Å². The number of hydrogen-bond donors (Lipinski definition) is 1. The molecule has 2 aromatic rings. The van der Waals surface area contributed by atoms with Gasteiger partial charge in [-0.3, -0.25) is 4.79 Å². The van der Waals surface area contributed by atoms with E-state index in [0.29, 0.717) is 17.0 Å². The first-order chi connectivity index (χ1) is 9.51. The molecule has 104 valence electrons.